The predicted octanol–water partition coefficient (Wildman–Crippen LogP) is 2.64. The molecule has 0 radical (unpaired) electrons. The average Bonchev–Trinajstić information content (AvgIpc) is 2.90. The maximum absolute atomic E-state index is 6.09. The molecule has 1 aliphatic heterocycles. The maximum Gasteiger partial charge on any atom is 0.137 e. The summed E-state index contributed by atoms with van der Waals surface area (Å²) in [5, 5.41) is 0.667. The SMILES string of the molecule is CCN1CCC(C(CN)COc2ccccc2Cl)C1. The van der Waals surface area contributed by atoms with Crippen molar-refractivity contribution < 1.29 is 4.74 Å². The topological polar surface area (TPSA) is 38.5 Å². The van der Waals surface area contributed by atoms with E-state index in [0.29, 0.717) is 30.0 Å². The first-order valence-electron chi connectivity index (χ1n) is 7.04. The fourth-order valence-electron chi connectivity index (χ4n) is 2.69. The van der Waals surface area contributed by atoms with E-state index < -0.39 is 0 Å². The third-order valence-electron chi connectivity index (χ3n) is 4.02. The molecule has 0 saturated carbocycles. The van der Waals surface area contributed by atoms with E-state index in [1.54, 1.807) is 0 Å². The minimum absolute atomic E-state index is 0.410. The molecule has 2 N–H and O–H groups in total. The van der Waals surface area contributed by atoms with Crippen LogP contribution in [0.15, 0.2) is 24.3 Å². The summed E-state index contributed by atoms with van der Waals surface area (Å²) in [6, 6.07) is 7.60. The van der Waals surface area contributed by atoms with E-state index in [0.717, 1.165) is 18.8 Å². The Bertz CT molecular complexity index is 399. The minimum Gasteiger partial charge on any atom is -0.492 e. The summed E-state index contributed by atoms with van der Waals surface area (Å²) < 4.78 is 5.84. The van der Waals surface area contributed by atoms with E-state index in [1.807, 2.05) is 24.3 Å². The van der Waals surface area contributed by atoms with Crippen LogP contribution >= 0.6 is 11.6 Å². The predicted molar refractivity (Wildman–Crippen MR) is 79.7 cm³/mol. The first kappa shape index (κ1) is 14.6. The number of halogens is 1. The lowest BCUT2D eigenvalue weighted by Gasteiger charge is -2.23. The standard InChI is InChI=1S/C15H23ClN2O/c1-2-18-8-7-12(10-18)13(9-17)11-19-15-6-4-3-5-14(15)16/h3-6,12-13H,2,7-11,17H2,1H3. The molecule has 2 atom stereocenters. The second-order valence-electron chi connectivity index (χ2n) is 5.18. The van der Waals surface area contributed by atoms with Crippen LogP contribution in [0.3, 0.4) is 0 Å². The van der Waals surface area contributed by atoms with Crippen LogP contribution in [0.1, 0.15) is 13.3 Å². The van der Waals surface area contributed by atoms with Gasteiger partial charge >= 0.3 is 0 Å². The molecule has 0 spiro atoms. The zero-order chi connectivity index (χ0) is 13.7. The summed E-state index contributed by atoms with van der Waals surface area (Å²) in [7, 11) is 0. The molecule has 1 aliphatic rings. The molecule has 1 saturated heterocycles. The molecule has 4 heteroatoms. The van der Waals surface area contributed by atoms with Gasteiger partial charge in [-0.2, -0.15) is 0 Å². The van der Waals surface area contributed by atoms with Gasteiger partial charge in [0, 0.05) is 12.5 Å². The van der Waals surface area contributed by atoms with Gasteiger partial charge in [-0.1, -0.05) is 30.7 Å². The number of nitrogens with two attached hydrogens (primary N) is 1. The maximum atomic E-state index is 6.09. The Balaban J connectivity index is 1.88. The van der Waals surface area contributed by atoms with Crippen LogP contribution in [-0.4, -0.2) is 37.7 Å². The highest BCUT2D eigenvalue weighted by molar-refractivity contribution is 6.32. The van der Waals surface area contributed by atoms with Crippen molar-refractivity contribution in [3.8, 4) is 5.75 Å². The highest BCUT2D eigenvalue weighted by Gasteiger charge is 2.28. The van der Waals surface area contributed by atoms with Gasteiger partial charge in [0.2, 0.25) is 0 Å². The van der Waals surface area contributed by atoms with Gasteiger partial charge in [-0.05, 0) is 44.1 Å². The number of hydrogen-bond donors (Lipinski definition) is 1. The Labute approximate surface area is 120 Å². The van der Waals surface area contributed by atoms with Crippen LogP contribution in [-0.2, 0) is 0 Å². The van der Waals surface area contributed by atoms with Crippen LogP contribution in [0.2, 0.25) is 5.02 Å². The lowest BCUT2D eigenvalue weighted by Crippen LogP contribution is -2.31. The van der Waals surface area contributed by atoms with E-state index in [-0.39, 0.29) is 0 Å². The molecule has 0 amide bonds. The van der Waals surface area contributed by atoms with Crippen molar-refractivity contribution in [2.45, 2.75) is 13.3 Å². The van der Waals surface area contributed by atoms with Crippen molar-refractivity contribution in [1.29, 1.82) is 0 Å². The Morgan fingerprint density at radius 1 is 1.47 bits per heavy atom. The number of para-hydroxylation sites is 1. The largest absolute Gasteiger partial charge is 0.492 e. The number of rotatable bonds is 6. The Morgan fingerprint density at radius 2 is 2.26 bits per heavy atom. The molecular formula is C15H23ClN2O. The molecule has 0 aliphatic carbocycles. The molecular weight excluding hydrogens is 260 g/mol. The molecule has 1 aromatic rings. The van der Waals surface area contributed by atoms with Gasteiger partial charge in [0.15, 0.2) is 0 Å². The lowest BCUT2D eigenvalue weighted by atomic mass is 9.92. The van der Waals surface area contributed by atoms with Crippen LogP contribution in [0.25, 0.3) is 0 Å². The fourth-order valence-corrected chi connectivity index (χ4v) is 2.88. The molecule has 1 fully saturated rings. The first-order valence-corrected chi connectivity index (χ1v) is 7.42. The van der Waals surface area contributed by atoms with Crippen molar-refractivity contribution in [2.75, 3.05) is 32.8 Å². The third-order valence-corrected chi connectivity index (χ3v) is 4.33. The summed E-state index contributed by atoms with van der Waals surface area (Å²) in [4.78, 5) is 2.48. The molecule has 19 heavy (non-hydrogen) atoms. The normalized spacial score (nSPS) is 21.5. The van der Waals surface area contributed by atoms with Crippen molar-refractivity contribution >= 4 is 11.6 Å². The van der Waals surface area contributed by atoms with Crippen molar-refractivity contribution in [3.63, 3.8) is 0 Å². The first-order chi connectivity index (χ1) is 9.24. The van der Waals surface area contributed by atoms with Gasteiger partial charge in [0.1, 0.15) is 5.75 Å². The Hall–Kier alpha value is -0.770. The van der Waals surface area contributed by atoms with Gasteiger partial charge in [-0.25, -0.2) is 0 Å². The second kappa shape index (κ2) is 7.13. The number of ether oxygens (including phenoxy) is 1. The van der Waals surface area contributed by atoms with Crippen molar-refractivity contribution in [2.24, 2.45) is 17.6 Å². The number of hydrogen-bond acceptors (Lipinski definition) is 3. The van der Waals surface area contributed by atoms with Gasteiger partial charge in [0.25, 0.3) is 0 Å². The summed E-state index contributed by atoms with van der Waals surface area (Å²) >= 11 is 6.09. The molecule has 0 bridgehead atoms. The number of nitrogens with zero attached hydrogens (tertiary/aromatic N) is 1. The highest BCUT2D eigenvalue weighted by atomic mass is 35.5. The molecule has 2 unspecified atom stereocenters. The summed E-state index contributed by atoms with van der Waals surface area (Å²) in [6.07, 6.45) is 1.22. The second-order valence-corrected chi connectivity index (χ2v) is 5.59. The van der Waals surface area contributed by atoms with E-state index in [2.05, 4.69) is 11.8 Å². The average molecular weight is 283 g/mol. The highest BCUT2D eigenvalue weighted by Crippen LogP contribution is 2.27. The minimum atomic E-state index is 0.410. The van der Waals surface area contributed by atoms with E-state index >= 15 is 0 Å². The zero-order valence-electron chi connectivity index (χ0n) is 11.5. The number of likely N-dealkylation sites (tertiary alicyclic amines) is 1. The van der Waals surface area contributed by atoms with Crippen LogP contribution in [0.4, 0.5) is 0 Å². The summed E-state index contributed by atoms with van der Waals surface area (Å²) in [5.41, 5.74) is 5.91. The zero-order valence-corrected chi connectivity index (χ0v) is 12.3. The summed E-state index contributed by atoms with van der Waals surface area (Å²) in [6.45, 7) is 6.99. The van der Waals surface area contributed by atoms with Gasteiger partial charge in [-0.15, -0.1) is 0 Å². The van der Waals surface area contributed by atoms with Gasteiger partial charge in [0.05, 0.1) is 11.6 Å². The summed E-state index contributed by atoms with van der Waals surface area (Å²) in [5.74, 6) is 1.81. The van der Waals surface area contributed by atoms with E-state index in [9.17, 15) is 0 Å². The van der Waals surface area contributed by atoms with Gasteiger partial charge in [-0.3, -0.25) is 0 Å². The monoisotopic (exact) mass is 282 g/mol. The van der Waals surface area contributed by atoms with E-state index in [4.69, 9.17) is 22.1 Å². The molecule has 1 aromatic carbocycles. The van der Waals surface area contributed by atoms with Crippen LogP contribution in [0.5, 0.6) is 5.75 Å². The lowest BCUT2D eigenvalue weighted by molar-refractivity contribution is 0.196. The molecule has 106 valence electrons. The smallest absolute Gasteiger partial charge is 0.137 e. The quantitative estimate of drug-likeness (QED) is 0.872. The molecule has 1 heterocycles. The Kier molecular flexibility index (Phi) is 5.49. The molecule has 0 aromatic heterocycles. The van der Waals surface area contributed by atoms with Crippen molar-refractivity contribution in [3.05, 3.63) is 29.3 Å². The van der Waals surface area contributed by atoms with Crippen LogP contribution < -0.4 is 10.5 Å². The van der Waals surface area contributed by atoms with Gasteiger partial charge < -0.3 is 15.4 Å². The number of benzene rings is 1. The van der Waals surface area contributed by atoms with Crippen LogP contribution in [0, 0.1) is 11.8 Å². The van der Waals surface area contributed by atoms with E-state index in [1.165, 1.54) is 13.0 Å². The van der Waals surface area contributed by atoms with Crippen molar-refractivity contribution in [1.82, 2.24) is 4.90 Å². The molecule has 2 rings (SSSR count). The molecule has 3 nitrogen and oxygen atoms in total. The fraction of sp³-hybridized carbons (Fsp3) is 0.600. The third kappa shape index (κ3) is 3.85. The Morgan fingerprint density at radius 3 is 2.89 bits per heavy atom.